The lowest BCUT2D eigenvalue weighted by molar-refractivity contribution is -0.143. The van der Waals surface area contributed by atoms with Crippen molar-refractivity contribution in [1.82, 2.24) is 5.32 Å². The van der Waals surface area contributed by atoms with Crippen molar-refractivity contribution in [2.75, 3.05) is 6.54 Å². The van der Waals surface area contributed by atoms with Crippen molar-refractivity contribution in [2.24, 2.45) is 5.41 Å². The predicted octanol–water partition coefficient (Wildman–Crippen LogP) is 2.08. The molecule has 5 heteroatoms. The van der Waals surface area contributed by atoms with Gasteiger partial charge in [0.25, 0.3) is 0 Å². The van der Waals surface area contributed by atoms with Crippen LogP contribution in [0.4, 0.5) is 4.39 Å². The lowest BCUT2D eigenvalue weighted by Gasteiger charge is -2.25. The first-order chi connectivity index (χ1) is 9.28. The van der Waals surface area contributed by atoms with Crippen LogP contribution >= 0.6 is 0 Å². The highest BCUT2D eigenvalue weighted by Crippen LogP contribution is 2.45. The molecule has 0 aromatic heterocycles. The summed E-state index contributed by atoms with van der Waals surface area (Å²) in [5.41, 5.74) is -0.923. The van der Waals surface area contributed by atoms with E-state index in [1.54, 1.807) is 26.0 Å². The van der Waals surface area contributed by atoms with Crippen LogP contribution < -0.4 is 5.32 Å². The van der Waals surface area contributed by atoms with Crippen LogP contribution in [0.1, 0.15) is 32.3 Å². The standard InChI is InChI=1S/C15H18FNO3/c1-14(2,10-3-5-11(16)6-4-10)12(18)17-9-15(7-8-15)13(19)20/h3-6H,7-9H2,1-2H3,(H,17,18)(H,19,20). The summed E-state index contributed by atoms with van der Waals surface area (Å²) in [5.74, 6) is -1.47. The highest BCUT2D eigenvalue weighted by molar-refractivity contribution is 5.88. The van der Waals surface area contributed by atoms with Gasteiger partial charge in [-0.3, -0.25) is 9.59 Å². The molecule has 0 heterocycles. The lowest BCUT2D eigenvalue weighted by Crippen LogP contribution is -2.43. The molecule has 1 aromatic rings. The van der Waals surface area contributed by atoms with Gasteiger partial charge in [0.05, 0.1) is 10.8 Å². The summed E-state index contributed by atoms with van der Waals surface area (Å²) in [5, 5.41) is 11.8. The number of aliphatic carboxylic acids is 1. The number of nitrogens with one attached hydrogen (secondary N) is 1. The molecule has 0 unspecified atom stereocenters. The van der Waals surface area contributed by atoms with Crippen LogP contribution in [0.5, 0.6) is 0 Å². The van der Waals surface area contributed by atoms with Gasteiger partial charge >= 0.3 is 5.97 Å². The zero-order chi connectivity index (χ0) is 15.0. The van der Waals surface area contributed by atoms with Crippen LogP contribution in [0.25, 0.3) is 0 Å². The van der Waals surface area contributed by atoms with Gasteiger partial charge in [-0.2, -0.15) is 0 Å². The maximum atomic E-state index is 12.9. The molecule has 0 atom stereocenters. The van der Waals surface area contributed by atoms with Crippen molar-refractivity contribution < 1.29 is 19.1 Å². The molecule has 4 nitrogen and oxygen atoms in total. The molecule has 1 aromatic carbocycles. The molecule has 0 spiro atoms. The summed E-state index contributed by atoms with van der Waals surface area (Å²) < 4.78 is 12.9. The Morgan fingerprint density at radius 3 is 2.30 bits per heavy atom. The quantitative estimate of drug-likeness (QED) is 0.867. The highest BCUT2D eigenvalue weighted by Gasteiger charge is 2.50. The molecule has 1 saturated carbocycles. The molecule has 2 rings (SSSR count). The van der Waals surface area contributed by atoms with Crippen LogP contribution in [-0.2, 0) is 15.0 Å². The fourth-order valence-electron chi connectivity index (χ4n) is 2.09. The van der Waals surface area contributed by atoms with E-state index in [4.69, 9.17) is 5.11 Å². The van der Waals surface area contributed by atoms with Gasteiger partial charge in [0.1, 0.15) is 5.82 Å². The Bertz CT molecular complexity index is 533. The molecule has 1 aliphatic carbocycles. The van der Waals surface area contributed by atoms with E-state index in [9.17, 15) is 14.0 Å². The Kier molecular flexibility index (Phi) is 3.54. The zero-order valence-corrected chi connectivity index (χ0v) is 11.6. The van der Waals surface area contributed by atoms with E-state index in [1.807, 2.05) is 0 Å². The van der Waals surface area contributed by atoms with Crippen LogP contribution in [0.2, 0.25) is 0 Å². The minimum Gasteiger partial charge on any atom is -0.481 e. The van der Waals surface area contributed by atoms with E-state index in [2.05, 4.69) is 5.32 Å². The van der Waals surface area contributed by atoms with Crippen molar-refractivity contribution >= 4 is 11.9 Å². The summed E-state index contributed by atoms with van der Waals surface area (Å²) in [4.78, 5) is 23.3. The molecule has 1 fully saturated rings. The molecule has 108 valence electrons. The molecule has 2 N–H and O–H groups in total. The maximum absolute atomic E-state index is 12.9. The number of amides is 1. The Hall–Kier alpha value is -1.91. The molecule has 1 amide bonds. The van der Waals surface area contributed by atoms with Gasteiger partial charge < -0.3 is 10.4 Å². The number of carbonyl (C=O) groups is 2. The van der Waals surface area contributed by atoms with Crippen molar-refractivity contribution in [1.29, 1.82) is 0 Å². The number of benzene rings is 1. The van der Waals surface area contributed by atoms with Crippen LogP contribution in [-0.4, -0.2) is 23.5 Å². The zero-order valence-electron chi connectivity index (χ0n) is 11.6. The average molecular weight is 279 g/mol. The largest absolute Gasteiger partial charge is 0.481 e. The number of hydrogen-bond acceptors (Lipinski definition) is 2. The smallest absolute Gasteiger partial charge is 0.311 e. The third-order valence-corrected chi connectivity index (χ3v) is 4.03. The molecule has 0 bridgehead atoms. The van der Waals surface area contributed by atoms with E-state index in [0.717, 1.165) is 0 Å². The second-order valence-corrected chi connectivity index (χ2v) is 5.90. The molecule has 20 heavy (non-hydrogen) atoms. The van der Waals surface area contributed by atoms with E-state index in [-0.39, 0.29) is 18.3 Å². The second kappa shape index (κ2) is 4.89. The van der Waals surface area contributed by atoms with Crippen LogP contribution in [0, 0.1) is 11.2 Å². The van der Waals surface area contributed by atoms with E-state index >= 15 is 0 Å². The Balaban J connectivity index is 2.04. The van der Waals surface area contributed by atoms with Gasteiger partial charge in [-0.05, 0) is 44.4 Å². The average Bonchev–Trinajstić information content (AvgIpc) is 3.17. The minimum absolute atomic E-state index is 0.145. The fourth-order valence-corrected chi connectivity index (χ4v) is 2.09. The minimum atomic E-state index is -0.864. The first-order valence-corrected chi connectivity index (χ1v) is 6.56. The van der Waals surface area contributed by atoms with E-state index in [0.29, 0.717) is 18.4 Å². The summed E-state index contributed by atoms with van der Waals surface area (Å²) >= 11 is 0. The van der Waals surface area contributed by atoms with Gasteiger partial charge in [-0.1, -0.05) is 12.1 Å². The summed E-state index contributed by atoms with van der Waals surface area (Å²) in [7, 11) is 0. The summed E-state index contributed by atoms with van der Waals surface area (Å²) in [6, 6.07) is 5.76. The van der Waals surface area contributed by atoms with Gasteiger partial charge in [0, 0.05) is 6.54 Å². The third kappa shape index (κ3) is 2.66. The van der Waals surface area contributed by atoms with Crippen LogP contribution in [0.15, 0.2) is 24.3 Å². The Labute approximate surface area is 117 Å². The van der Waals surface area contributed by atoms with E-state index in [1.165, 1.54) is 12.1 Å². The highest BCUT2D eigenvalue weighted by atomic mass is 19.1. The molecular weight excluding hydrogens is 261 g/mol. The van der Waals surface area contributed by atoms with Gasteiger partial charge in [-0.25, -0.2) is 4.39 Å². The number of rotatable bonds is 5. The number of hydrogen-bond donors (Lipinski definition) is 2. The first-order valence-electron chi connectivity index (χ1n) is 6.56. The summed E-state index contributed by atoms with van der Waals surface area (Å²) in [6.45, 7) is 3.61. The van der Waals surface area contributed by atoms with Gasteiger partial charge in [0.2, 0.25) is 5.91 Å². The molecule has 1 aliphatic rings. The Morgan fingerprint density at radius 2 is 1.85 bits per heavy atom. The molecule has 0 aliphatic heterocycles. The normalized spacial score (nSPS) is 16.6. The number of carboxylic acids is 1. The number of carboxylic acid groups (broad SMARTS) is 1. The summed E-state index contributed by atoms with van der Waals surface area (Å²) in [6.07, 6.45) is 1.19. The van der Waals surface area contributed by atoms with Crippen molar-refractivity contribution in [3.8, 4) is 0 Å². The predicted molar refractivity (Wildman–Crippen MR) is 71.7 cm³/mol. The lowest BCUT2D eigenvalue weighted by atomic mass is 9.83. The number of carbonyl (C=O) groups excluding carboxylic acids is 1. The molecular formula is C15H18FNO3. The monoisotopic (exact) mass is 279 g/mol. The Morgan fingerprint density at radius 1 is 1.30 bits per heavy atom. The first kappa shape index (κ1) is 14.5. The van der Waals surface area contributed by atoms with Gasteiger partial charge in [-0.15, -0.1) is 0 Å². The third-order valence-electron chi connectivity index (χ3n) is 4.03. The van der Waals surface area contributed by atoms with Crippen molar-refractivity contribution in [2.45, 2.75) is 32.1 Å². The maximum Gasteiger partial charge on any atom is 0.311 e. The van der Waals surface area contributed by atoms with Crippen LogP contribution in [0.3, 0.4) is 0 Å². The number of halogens is 1. The SMILES string of the molecule is CC(C)(C(=O)NCC1(C(=O)O)CC1)c1ccc(F)cc1. The molecule has 0 radical (unpaired) electrons. The topological polar surface area (TPSA) is 66.4 Å². The van der Waals surface area contributed by atoms with Crippen molar-refractivity contribution in [3.63, 3.8) is 0 Å². The molecule has 0 saturated heterocycles. The van der Waals surface area contributed by atoms with Crippen molar-refractivity contribution in [3.05, 3.63) is 35.6 Å². The second-order valence-electron chi connectivity index (χ2n) is 5.90. The fraction of sp³-hybridized carbons (Fsp3) is 0.467. The van der Waals surface area contributed by atoms with E-state index < -0.39 is 16.8 Å². The van der Waals surface area contributed by atoms with Gasteiger partial charge in [0.15, 0.2) is 0 Å².